The molecule has 3 rings (SSSR count). The van der Waals surface area contributed by atoms with Gasteiger partial charge in [0.25, 0.3) is 0 Å². The summed E-state index contributed by atoms with van der Waals surface area (Å²) in [5.41, 5.74) is 2.90. The van der Waals surface area contributed by atoms with Crippen LogP contribution < -0.4 is 10.1 Å². The first-order valence-electron chi connectivity index (χ1n) is 10.4. The highest BCUT2D eigenvalue weighted by molar-refractivity contribution is 5.33. The zero-order chi connectivity index (χ0) is 20.3. The first-order valence-corrected chi connectivity index (χ1v) is 10.4. The summed E-state index contributed by atoms with van der Waals surface area (Å²) >= 11 is 0. The van der Waals surface area contributed by atoms with Crippen molar-refractivity contribution in [3.8, 4) is 11.8 Å². The fraction of sp³-hybridized carbons (Fsp3) is 0.458. The molecule has 5 nitrogen and oxygen atoms in total. The number of hydrogen-bond donors (Lipinski definition) is 1. The van der Waals surface area contributed by atoms with Crippen molar-refractivity contribution in [2.75, 3.05) is 33.4 Å². The minimum absolute atomic E-state index is 0.466. The average Bonchev–Trinajstić information content (AvgIpc) is 2.78. The summed E-state index contributed by atoms with van der Waals surface area (Å²) in [6.45, 7) is 5.62. The van der Waals surface area contributed by atoms with Gasteiger partial charge < -0.3 is 19.7 Å². The van der Waals surface area contributed by atoms with Gasteiger partial charge in [-0.2, -0.15) is 5.26 Å². The van der Waals surface area contributed by atoms with E-state index in [9.17, 15) is 0 Å². The Hall–Kier alpha value is -2.39. The zero-order valence-electron chi connectivity index (χ0n) is 17.3. The molecule has 1 aliphatic rings. The van der Waals surface area contributed by atoms with Crippen LogP contribution in [0.25, 0.3) is 0 Å². The molecule has 0 unspecified atom stereocenters. The van der Waals surface area contributed by atoms with Crippen molar-refractivity contribution in [2.24, 2.45) is 0 Å². The van der Waals surface area contributed by atoms with Crippen LogP contribution >= 0.6 is 0 Å². The smallest absolute Gasteiger partial charge is 0.120 e. The highest BCUT2D eigenvalue weighted by atomic mass is 16.5. The largest absolute Gasteiger partial charge is 0.489 e. The fourth-order valence-corrected chi connectivity index (χ4v) is 3.70. The van der Waals surface area contributed by atoms with Crippen LogP contribution in [-0.2, 0) is 17.9 Å². The van der Waals surface area contributed by atoms with Crippen molar-refractivity contribution in [3.63, 3.8) is 0 Å². The van der Waals surface area contributed by atoms with Gasteiger partial charge in [0, 0.05) is 32.8 Å². The molecular weight excluding hydrogens is 362 g/mol. The van der Waals surface area contributed by atoms with Gasteiger partial charge in [0.2, 0.25) is 0 Å². The minimum atomic E-state index is 0.466. The number of methoxy groups -OCH3 is 1. The van der Waals surface area contributed by atoms with E-state index in [1.54, 1.807) is 13.2 Å². The molecule has 0 saturated carbocycles. The Balaban J connectivity index is 1.41. The van der Waals surface area contributed by atoms with E-state index in [1.807, 2.05) is 30.3 Å². The molecule has 1 aliphatic heterocycles. The van der Waals surface area contributed by atoms with E-state index in [0.29, 0.717) is 18.2 Å². The van der Waals surface area contributed by atoms with Crippen LogP contribution in [0.4, 0.5) is 0 Å². The summed E-state index contributed by atoms with van der Waals surface area (Å²) in [7, 11) is 1.77. The van der Waals surface area contributed by atoms with E-state index in [0.717, 1.165) is 50.5 Å². The van der Waals surface area contributed by atoms with Gasteiger partial charge in [-0.1, -0.05) is 24.3 Å². The second-order valence-corrected chi connectivity index (χ2v) is 7.59. The van der Waals surface area contributed by atoms with E-state index in [2.05, 4.69) is 28.4 Å². The van der Waals surface area contributed by atoms with Gasteiger partial charge in [-0.3, -0.25) is 0 Å². The van der Waals surface area contributed by atoms with Crippen LogP contribution in [0.1, 0.15) is 36.0 Å². The van der Waals surface area contributed by atoms with Crippen LogP contribution in [0.3, 0.4) is 0 Å². The first-order chi connectivity index (χ1) is 14.3. The lowest BCUT2D eigenvalue weighted by Gasteiger charge is -2.32. The van der Waals surface area contributed by atoms with Crippen molar-refractivity contribution in [1.82, 2.24) is 10.2 Å². The summed E-state index contributed by atoms with van der Waals surface area (Å²) in [5.74, 6) is 0.861. The van der Waals surface area contributed by atoms with E-state index < -0.39 is 0 Å². The molecule has 1 saturated heterocycles. The molecular formula is C24H31N3O2. The molecule has 29 heavy (non-hydrogen) atoms. The number of nitrogens with zero attached hydrogens (tertiary/aromatic N) is 2. The predicted molar refractivity (Wildman–Crippen MR) is 115 cm³/mol. The summed E-state index contributed by atoms with van der Waals surface area (Å²) in [4.78, 5) is 2.53. The molecule has 2 aromatic carbocycles. The molecule has 1 N–H and O–H groups in total. The second kappa shape index (κ2) is 11.6. The quantitative estimate of drug-likeness (QED) is 0.624. The van der Waals surface area contributed by atoms with Crippen molar-refractivity contribution in [2.45, 2.75) is 38.5 Å². The Kier molecular flexibility index (Phi) is 8.51. The molecule has 1 fully saturated rings. The third-order valence-corrected chi connectivity index (χ3v) is 5.37. The van der Waals surface area contributed by atoms with Gasteiger partial charge in [-0.15, -0.1) is 0 Å². The van der Waals surface area contributed by atoms with Gasteiger partial charge >= 0.3 is 0 Å². The number of rotatable bonds is 10. The molecule has 154 valence electrons. The summed E-state index contributed by atoms with van der Waals surface area (Å²) < 4.78 is 11.1. The number of hydrogen-bond acceptors (Lipinski definition) is 5. The zero-order valence-corrected chi connectivity index (χ0v) is 17.3. The number of likely N-dealkylation sites (tertiary alicyclic amines) is 1. The number of ether oxygens (including phenoxy) is 2. The molecule has 5 heteroatoms. The molecule has 0 radical (unpaired) electrons. The molecule has 0 atom stereocenters. The normalized spacial score (nSPS) is 15.2. The fourth-order valence-electron chi connectivity index (χ4n) is 3.70. The minimum Gasteiger partial charge on any atom is -0.489 e. The summed E-state index contributed by atoms with van der Waals surface area (Å²) in [6.07, 6.45) is 3.50. The second-order valence-electron chi connectivity index (χ2n) is 7.59. The Labute approximate surface area is 174 Å². The third kappa shape index (κ3) is 7.17. The molecule has 0 bridgehead atoms. The van der Waals surface area contributed by atoms with Crippen molar-refractivity contribution in [1.29, 1.82) is 5.26 Å². The van der Waals surface area contributed by atoms with Crippen LogP contribution in [0, 0.1) is 11.3 Å². The predicted octanol–water partition coefficient (Wildman–Crippen LogP) is 3.73. The maximum atomic E-state index is 9.01. The highest BCUT2D eigenvalue weighted by Gasteiger charge is 2.18. The standard InChI is InChI=1S/C24H31N3O2/c1-28-14-4-11-27-12-9-23(10-13-27)26-18-21-6-3-8-24(16-21)29-19-22-7-2-5-20(15-22)17-25/h2-3,5-8,15-16,23,26H,4,9-14,18-19H2,1H3. The number of benzene rings is 2. The van der Waals surface area contributed by atoms with E-state index in [4.69, 9.17) is 14.7 Å². The molecule has 1 heterocycles. The molecule has 0 spiro atoms. The average molecular weight is 394 g/mol. The van der Waals surface area contributed by atoms with E-state index in [-0.39, 0.29) is 0 Å². The summed E-state index contributed by atoms with van der Waals surface area (Å²) in [6, 6.07) is 18.5. The van der Waals surface area contributed by atoms with Gasteiger partial charge in [-0.05, 0) is 67.7 Å². The Morgan fingerprint density at radius 2 is 1.90 bits per heavy atom. The first kappa shape index (κ1) is 21.3. The lowest BCUT2D eigenvalue weighted by molar-refractivity contribution is 0.152. The lowest BCUT2D eigenvalue weighted by atomic mass is 10.0. The van der Waals surface area contributed by atoms with E-state index >= 15 is 0 Å². The Bertz CT molecular complexity index is 795. The molecule has 0 aromatic heterocycles. The van der Waals surface area contributed by atoms with Crippen LogP contribution in [0.15, 0.2) is 48.5 Å². The highest BCUT2D eigenvalue weighted by Crippen LogP contribution is 2.17. The van der Waals surface area contributed by atoms with Gasteiger partial charge in [0.05, 0.1) is 11.6 Å². The van der Waals surface area contributed by atoms with Gasteiger partial charge in [0.15, 0.2) is 0 Å². The Morgan fingerprint density at radius 1 is 1.10 bits per heavy atom. The van der Waals surface area contributed by atoms with Crippen LogP contribution in [0.2, 0.25) is 0 Å². The topological polar surface area (TPSA) is 57.5 Å². The number of nitrogens with one attached hydrogen (secondary N) is 1. The SMILES string of the molecule is COCCCN1CCC(NCc2cccc(OCc3cccc(C#N)c3)c2)CC1. The van der Waals surface area contributed by atoms with Crippen molar-refractivity contribution >= 4 is 0 Å². The molecule has 2 aromatic rings. The van der Waals surface area contributed by atoms with E-state index in [1.165, 1.54) is 18.4 Å². The monoisotopic (exact) mass is 393 g/mol. The lowest BCUT2D eigenvalue weighted by Crippen LogP contribution is -2.42. The van der Waals surface area contributed by atoms with Crippen molar-refractivity contribution in [3.05, 3.63) is 65.2 Å². The third-order valence-electron chi connectivity index (χ3n) is 5.37. The van der Waals surface area contributed by atoms with Crippen molar-refractivity contribution < 1.29 is 9.47 Å². The Morgan fingerprint density at radius 3 is 2.69 bits per heavy atom. The molecule has 0 amide bonds. The van der Waals surface area contributed by atoms with Crippen LogP contribution in [0.5, 0.6) is 5.75 Å². The maximum Gasteiger partial charge on any atom is 0.120 e. The summed E-state index contributed by atoms with van der Waals surface area (Å²) in [5, 5.41) is 12.7. The molecule has 0 aliphatic carbocycles. The van der Waals surface area contributed by atoms with Gasteiger partial charge in [0.1, 0.15) is 12.4 Å². The van der Waals surface area contributed by atoms with Crippen LogP contribution in [-0.4, -0.2) is 44.3 Å². The van der Waals surface area contributed by atoms with Gasteiger partial charge in [-0.25, -0.2) is 0 Å². The number of piperidine rings is 1. The number of nitriles is 1. The maximum absolute atomic E-state index is 9.01.